The first-order chi connectivity index (χ1) is 17.6. The fourth-order valence-electron chi connectivity index (χ4n) is 5.55. The molecule has 36 heavy (non-hydrogen) atoms. The molecule has 188 valence electrons. The SMILES string of the molecule is Cc1cc(OC2COCC2O)c2c(c1-c1cccc(COc3ccc4c(c3)OCC4CCO)c1)CC2. The monoisotopic (exact) mass is 488 g/mol. The van der Waals surface area contributed by atoms with Gasteiger partial charge in [-0.2, -0.15) is 0 Å². The summed E-state index contributed by atoms with van der Waals surface area (Å²) in [6.45, 7) is 4.14. The van der Waals surface area contributed by atoms with Gasteiger partial charge in [-0.15, -0.1) is 0 Å². The summed E-state index contributed by atoms with van der Waals surface area (Å²) in [5.74, 6) is 2.77. The van der Waals surface area contributed by atoms with Gasteiger partial charge in [-0.05, 0) is 77.8 Å². The average molecular weight is 489 g/mol. The van der Waals surface area contributed by atoms with Crippen molar-refractivity contribution in [2.75, 3.05) is 26.4 Å². The van der Waals surface area contributed by atoms with E-state index in [4.69, 9.17) is 18.9 Å². The average Bonchev–Trinajstić information content (AvgIpc) is 3.45. The Kier molecular flexibility index (Phi) is 6.34. The smallest absolute Gasteiger partial charge is 0.150 e. The lowest BCUT2D eigenvalue weighted by Gasteiger charge is -2.29. The van der Waals surface area contributed by atoms with Crippen molar-refractivity contribution >= 4 is 0 Å². The summed E-state index contributed by atoms with van der Waals surface area (Å²) in [6.07, 6.45) is 1.86. The zero-order valence-electron chi connectivity index (χ0n) is 20.5. The van der Waals surface area contributed by atoms with Gasteiger partial charge in [0.2, 0.25) is 0 Å². The Morgan fingerprint density at radius 3 is 2.67 bits per heavy atom. The second-order valence-corrected chi connectivity index (χ2v) is 9.99. The third kappa shape index (κ3) is 4.34. The second-order valence-electron chi connectivity index (χ2n) is 9.99. The maximum Gasteiger partial charge on any atom is 0.150 e. The van der Waals surface area contributed by atoms with Gasteiger partial charge in [0.25, 0.3) is 0 Å². The van der Waals surface area contributed by atoms with Crippen LogP contribution in [-0.4, -0.2) is 48.8 Å². The molecule has 0 spiro atoms. The molecule has 1 fully saturated rings. The molecule has 0 saturated carbocycles. The minimum absolute atomic E-state index is 0.166. The van der Waals surface area contributed by atoms with Crippen LogP contribution in [-0.2, 0) is 24.2 Å². The zero-order valence-corrected chi connectivity index (χ0v) is 20.5. The number of hydrogen-bond acceptors (Lipinski definition) is 6. The van der Waals surface area contributed by atoms with E-state index >= 15 is 0 Å². The third-order valence-corrected chi connectivity index (χ3v) is 7.57. The van der Waals surface area contributed by atoms with E-state index in [1.165, 1.54) is 27.8 Å². The number of hydrogen-bond donors (Lipinski definition) is 2. The van der Waals surface area contributed by atoms with Crippen LogP contribution in [0.2, 0.25) is 0 Å². The van der Waals surface area contributed by atoms with Crippen LogP contribution in [0.1, 0.15) is 40.2 Å². The van der Waals surface area contributed by atoms with Gasteiger partial charge in [-0.1, -0.05) is 24.3 Å². The predicted molar refractivity (Wildman–Crippen MR) is 136 cm³/mol. The summed E-state index contributed by atoms with van der Waals surface area (Å²) in [5, 5.41) is 19.4. The lowest BCUT2D eigenvalue weighted by molar-refractivity contribution is 0.0724. The molecule has 2 aliphatic heterocycles. The van der Waals surface area contributed by atoms with Gasteiger partial charge in [0.1, 0.15) is 36.1 Å². The molecule has 6 rings (SSSR count). The highest BCUT2D eigenvalue weighted by Crippen LogP contribution is 2.43. The molecular formula is C30H32O6. The van der Waals surface area contributed by atoms with Crippen LogP contribution in [0.15, 0.2) is 48.5 Å². The molecule has 2 N–H and O–H groups in total. The number of fused-ring (bicyclic) bond motifs is 2. The molecule has 6 heteroatoms. The fourth-order valence-corrected chi connectivity index (χ4v) is 5.55. The first-order valence-corrected chi connectivity index (χ1v) is 12.8. The Labute approximate surface area is 211 Å². The molecule has 2 heterocycles. The maximum atomic E-state index is 10.1. The van der Waals surface area contributed by atoms with Gasteiger partial charge in [0.15, 0.2) is 0 Å². The Bertz CT molecular complexity index is 1270. The highest BCUT2D eigenvalue weighted by Gasteiger charge is 2.31. The summed E-state index contributed by atoms with van der Waals surface area (Å²) in [7, 11) is 0. The topological polar surface area (TPSA) is 77.4 Å². The third-order valence-electron chi connectivity index (χ3n) is 7.57. The van der Waals surface area contributed by atoms with Crippen molar-refractivity contribution in [2.45, 2.75) is 50.9 Å². The summed E-state index contributed by atoms with van der Waals surface area (Å²) < 4.78 is 23.5. The van der Waals surface area contributed by atoms with Crippen LogP contribution in [0.3, 0.4) is 0 Å². The van der Waals surface area contributed by atoms with E-state index in [-0.39, 0.29) is 18.6 Å². The molecule has 3 unspecified atom stereocenters. The van der Waals surface area contributed by atoms with Crippen molar-refractivity contribution in [2.24, 2.45) is 0 Å². The van der Waals surface area contributed by atoms with Gasteiger partial charge in [-0.25, -0.2) is 0 Å². The van der Waals surface area contributed by atoms with E-state index in [1.54, 1.807) is 0 Å². The zero-order chi connectivity index (χ0) is 24.6. The summed E-state index contributed by atoms with van der Waals surface area (Å²) in [6, 6.07) is 16.6. The summed E-state index contributed by atoms with van der Waals surface area (Å²) in [4.78, 5) is 0. The molecular weight excluding hydrogens is 456 g/mol. The van der Waals surface area contributed by atoms with Crippen LogP contribution >= 0.6 is 0 Å². The van der Waals surface area contributed by atoms with E-state index < -0.39 is 6.10 Å². The first kappa shape index (κ1) is 23.3. The molecule has 3 aromatic carbocycles. The van der Waals surface area contributed by atoms with Crippen LogP contribution in [0.25, 0.3) is 11.1 Å². The molecule has 1 saturated heterocycles. The van der Waals surface area contributed by atoms with Gasteiger partial charge in [0.05, 0.1) is 19.8 Å². The van der Waals surface area contributed by atoms with Crippen LogP contribution in [0.5, 0.6) is 17.2 Å². The quantitative estimate of drug-likeness (QED) is 0.491. The molecule has 6 nitrogen and oxygen atoms in total. The van der Waals surface area contributed by atoms with Crippen LogP contribution < -0.4 is 14.2 Å². The lowest BCUT2D eigenvalue weighted by atomic mass is 9.79. The first-order valence-electron chi connectivity index (χ1n) is 12.8. The Hall–Kier alpha value is -3.06. The highest BCUT2D eigenvalue weighted by molar-refractivity contribution is 5.76. The van der Waals surface area contributed by atoms with E-state index in [2.05, 4.69) is 43.3 Å². The van der Waals surface area contributed by atoms with E-state index in [0.717, 1.165) is 41.2 Å². The summed E-state index contributed by atoms with van der Waals surface area (Å²) in [5.41, 5.74) is 8.46. The standard InChI is InChI=1S/C30H32O6/c1-18-11-28(36-29-17-33-16-26(29)32)24-7-8-25(24)30(18)20-4-2-3-19(12-20)14-34-22-5-6-23-21(9-10-31)15-35-27(23)13-22/h2-6,11-13,21,26,29,31-32H,7-10,14-17H2,1H3. The normalized spacial score (nSPS) is 21.9. The molecule has 1 aliphatic carbocycles. The molecule has 0 amide bonds. The van der Waals surface area contributed by atoms with E-state index in [0.29, 0.717) is 32.8 Å². The second kappa shape index (κ2) is 9.77. The van der Waals surface area contributed by atoms with Crippen LogP contribution in [0.4, 0.5) is 0 Å². The molecule has 0 bridgehead atoms. The molecule has 3 aliphatic rings. The molecule has 3 aromatic rings. The molecule has 0 radical (unpaired) electrons. The summed E-state index contributed by atoms with van der Waals surface area (Å²) >= 11 is 0. The number of aryl methyl sites for hydroxylation is 1. The highest BCUT2D eigenvalue weighted by atomic mass is 16.6. The molecule has 3 atom stereocenters. The Morgan fingerprint density at radius 2 is 1.89 bits per heavy atom. The van der Waals surface area contributed by atoms with Crippen molar-refractivity contribution < 1.29 is 29.2 Å². The van der Waals surface area contributed by atoms with Crippen molar-refractivity contribution in [1.82, 2.24) is 0 Å². The van der Waals surface area contributed by atoms with Crippen molar-refractivity contribution in [3.05, 3.63) is 76.3 Å². The minimum atomic E-state index is -0.573. The van der Waals surface area contributed by atoms with E-state index in [9.17, 15) is 10.2 Å². The van der Waals surface area contributed by atoms with Gasteiger partial charge in [-0.3, -0.25) is 0 Å². The Balaban J connectivity index is 1.19. The van der Waals surface area contributed by atoms with Gasteiger partial charge < -0.3 is 29.2 Å². The minimum Gasteiger partial charge on any atom is -0.493 e. The lowest BCUT2D eigenvalue weighted by Crippen LogP contribution is -2.31. The number of rotatable bonds is 8. The number of aliphatic hydroxyl groups excluding tert-OH is 2. The number of benzene rings is 3. The van der Waals surface area contributed by atoms with Gasteiger partial charge in [0, 0.05) is 24.2 Å². The van der Waals surface area contributed by atoms with Crippen molar-refractivity contribution in [3.63, 3.8) is 0 Å². The maximum absolute atomic E-state index is 10.1. The molecule has 0 aromatic heterocycles. The van der Waals surface area contributed by atoms with Crippen molar-refractivity contribution in [1.29, 1.82) is 0 Å². The van der Waals surface area contributed by atoms with Gasteiger partial charge >= 0.3 is 0 Å². The fraction of sp³-hybridized carbons (Fsp3) is 0.400. The number of aliphatic hydroxyl groups is 2. The van der Waals surface area contributed by atoms with Crippen molar-refractivity contribution in [3.8, 4) is 28.4 Å². The number of ether oxygens (including phenoxy) is 4. The van der Waals surface area contributed by atoms with Crippen LogP contribution in [0, 0.1) is 6.92 Å². The predicted octanol–water partition coefficient (Wildman–Crippen LogP) is 4.34. The largest absolute Gasteiger partial charge is 0.493 e. The Morgan fingerprint density at radius 1 is 1.00 bits per heavy atom. The van der Waals surface area contributed by atoms with E-state index in [1.807, 2.05) is 12.1 Å².